The summed E-state index contributed by atoms with van der Waals surface area (Å²) >= 11 is 0. The molecule has 0 spiro atoms. The molecule has 1 aliphatic carbocycles. The fourth-order valence-electron chi connectivity index (χ4n) is 3.45. The van der Waals surface area contributed by atoms with Crippen LogP contribution in [0.3, 0.4) is 0 Å². The van der Waals surface area contributed by atoms with E-state index in [0.29, 0.717) is 5.92 Å². The Morgan fingerprint density at radius 1 is 1.25 bits per heavy atom. The van der Waals surface area contributed by atoms with Gasteiger partial charge in [0.15, 0.2) is 0 Å². The zero-order valence-electron chi connectivity index (χ0n) is 13.0. The second-order valence-electron chi connectivity index (χ2n) is 6.23. The maximum Gasteiger partial charge on any atom is 0.119 e. The van der Waals surface area contributed by atoms with Crippen molar-refractivity contribution in [2.75, 3.05) is 7.11 Å². The molecule has 0 heterocycles. The Balaban J connectivity index is 1.89. The van der Waals surface area contributed by atoms with Crippen LogP contribution in [0.4, 0.5) is 0 Å². The van der Waals surface area contributed by atoms with E-state index in [1.165, 1.54) is 50.5 Å². The lowest BCUT2D eigenvalue weighted by Gasteiger charge is -2.32. The fourth-order valence-corrected chi connectivity index (χ4v) is 3.45. The molecule has 1 atom stereocenters. The van der Waals surface area contributed by atoms with Gasteiger partial charge in [-0.05, 0) is 42.4 Å². The average molecular weight is 275 g/mol. The summed E-state index contributed by atoms with van der Waals surface area (Å²) in [5.74, 6) is 2.50. The van der Waals surface area contributed by atoms with Crippen LogP contribution in [-0.2, 0) is 0 Å². The van der Waals surface area contributed by atoms with Crippen LogP contribution < -0.4 is 10.5 Å². The SMILES string of the molecule is CCCCC1CCC(C(N)c2cccc(OC)c2)CC1. The molecule has 1 saturated carbocycles. The van der Waals surface area contributed by atoms with E-state index in [2.05, 4.69) is 19.1 Å². The summed E-state index contributed by atoms with van der Waals surface area (Å²) in [6, 6.07) is 8.42. The molecule has 1 unspecified atom stereocenters. The topological polar surface area (TPSA) is 35.2 Å². The van der Waals surface area contributed by atoms with Gasteiger partial charge in [0.05, 0.1) is 7.11 Å². The molecular formula is C18H29NO. The number of methoxy groups -OCH3 is 1. The van der Waals surface area contributed by atoms with E-state index >= 15 is 0 Å². The molecule has 0 aromatic heterocycles. The smallest absolute Gasteiger partial charge is 0.119 e. The van der Waals surface area contributed by atoms with Crippen LogP contribution in [0.2, 0.25) is 0 Å². The number of nitrogens with two attached hydrogens (primary N) is 1. The Hall–Kier alpha value is -1.02. The molecule has 20 heavy (non-hydrogen) atoms. The van der Waals surface area contributed by atoms with E-state index in [-0.39, 0.29) is 6.04 Å². The standard InChI is InChI=1S/C18H29NO/c1-3-4-6-14-9-11-15(12-10-14)18(19)16-7-5-8-17(13-16)20-2/h5,7-8,13-15,18H,3-4,6,9-12,19H2,1-2H3. The summed E-state index contributed by atoms with van der Waals surface area (Å²) < 4.78 is 5.30. The Bertz CT molecular complexity index is 396. The minimum Gasteiger partial charge on any atom is -0.497 e. The number of benzene rings is 1. The van der Waals surface area contributed by atoms with Crippen LogP contribution in [0, 0.1) is 11.8 Å². The van der Waals surface area contributed by atoms with Crippen molar-refractivity contribution in [1.82, 2.24) is 0 Å². The molecule has 0 aliphatic heterocycles. The largest absolute Gasteiger partial charge is 0.497 e. The van der Waals surface area contributed by atoms with E-state index < -0.39 is 0 Å². The van der Waals surface area contributed by atoms with E-state index in [0.717, 1.165) is 11.7 Å². The first-order valence-corrected chi connectivity index (χ1v) is 8.14. The van der Waals surface area contributed by atoms with Crippen molar-refractivity contribution >= 4 is 0 Å². The highest BCUT2D eigenvalue weighted by atomic mass is 16.5. The minimum absolute atomic E-state index is 0.164. The molecule has 2 nitrogen and oxygen atoms in total. The molecule has 0 radical (unpaired) electrons. The van der Waals surface area contributed by atoms with Gasteiger partial charge in [-0.1, -0.05) is 51.2 Å². The van der Waals surface area contributed by atoms with Gasteiger partial charge in [-0.15, -0.1) is 0 Å². The van der Waals surface area contributed by atoms with Crippen LogP contribution in [-0.4, -0.2) is 7.11 Å². The highest BCUT2D eigenvalue weighted by Crippen LogP contribution is 2.37. The first-order chi connectivity index (χ1) is 9.74. The molecule has 2 rings (SSSR count). The normalized spacial score (nSPS) is 24.4. The average Bonchev–Trinajstić information content (AvgIpc) is 2.52. The summed E-state index contributed by atoms with van der Waals surface area (Å²) in [7, 11) is 1.71. The monoisotopic (exact) mass is 275 g/mol. The van der Waals surface area contributed by atoms with Gasteiger partial charge in [0.25, 0.3) is 0 Å². The quantitative estimate of drug-likeness (QED) is 0.817. The molecular weight excluding hydrogens is 246 g/mol. The van der Waals surface area contributed by atoms with Crippen LogP contribution in [0.1, 0.15) is 63.5 Å². The van der Waals surface area contributed by atoms with Gasteiger partial charge >= 0.3 is 0 Å². The molecule has 0 amide bonds. The Kier molecular flexibility index (Phi) is 5.90. The third kappa shape index (κ3) is 3.99. The van der Waals surface area contributed by atoms with Gasteiger partial charge in [-0.25, -0.2) is 0 Å². The van der Waals surface area contributed by atoms with E-state index in [9.17, 15) is 0 Å². The molecule has 1 fully saturated rings. The molecule has 112 valence electrons. The van der Waals surface area contributed by atoms with E-state index in [4.69, 9.17) is 10.5 Å². The van der Waals surface area contributed by atoms with Crippen LogP contribution >= 0.6 is 0 Å². The molecule has 1 aliphatic rings. The van der Waals surface area contributed by atoms with Crippen molar-refractivity contribution in [2.24, 2.45) is 17.6 Å². The molecule has 0 saturated heterocycles. The summed E-state index contributed by atoms with van der Waals surface area (Å²) in [6.07, 6.45) is 9.42. The van der Waals surface area contributed by atoms with Gasteiger partial charge < -0.3 is 10.5 Å². The van der Waals surface area contributed by atoms with Gasteiger partial charge in [-0.3, -0.25) is 0 Å². The van der Waals surface area contributed by atoms with Crippen molar-refractivity contribution in [1.29, 1.82) is 0 Å². The summed E-state index contributed by atoms with van der Waals surface area (Å²) in [5.41, 5.74) is 7.71. The minimum atomic E-state index is 0.164. The Labute approximate surface area is 123 Å². The predicted molar refractivity (Wildman–Crippen MR) is 84.9 cm³/mol. The number of hydrogen-bond acceptors (Lipinski definition) is 2. The van der Waals surface area contributed by atoms with Gasteiger partial charge in [0.2, 0.25) is 0 Å². The molecule has 1 aromatic rings. The summed E-state index contributed by atoms with van der Waals surface area (Å²) in [5, 5.41) is 0. The molecule has 0 bridgehead atoms. The highest BCUT2D eigenvalue weighted by Gasteiger charge is 2.26. The van der Waals surface area contributed by atoms with Crippen LogP contribution in [0.5, 0.6) is 5.75 Å². The van der Waals surface area contributed by atoms with Gasteiger partial charge in [0.1, 0.15) is 5.75 Å². The lowest BCUT2D eigenvalue weighted by Crippen LogP contribution is -2.26. The zero-order valence-corrected chi connectivity index (χ0v) is 13.0. The first kappa shape index (κ1) is 15.4. The van der Waals surface area contributed by atoms with Crippen LogP contribution in [0.25, 0.3) is 0 Å². The second-order valence-corrected chi connectivity index (χ2v) is 6.23. The fraction of sp³-hybridized carbons (Fsp3) is 0.667. The van der Waals surface area contributed by atoms with Gasteiger partial charge in [0, 0.05) is 6.04 Å². The number of hydrogen-bond donors (Lipinski definition) is 1. The molecule has 2 N–H and O–H groups in total. The molecule has 2 heteroatoms. The van der Waals surface area contributed by atoms with Crippen molar-refractivity contribution in [3.8, 4) is 5.75 Å². The Morgan fingerprint density at radius 2 is 2.00 bits per heavy atom. The lowest BCUT2D eigenvalue weighted by atomic mass is 9.75. The maximum atomic E-state index is 6.48. The van der Waals surface area contributed by atoms with Crippen molar-refractivity contribution in [3.63, 3.8) is 0 Å². The maximum absolute atomic E-state index is 6.48. The van der Waals surface area contributed by atoms with Crippen molar-refractivity contribution in [3.05, 3.63) is 29.8 Å². The highest BCUT2D eigenvalue weighted by molar-refractivity contribution is 5.30. The third-order valence-corrected chi connectivity index (χ3v) is 4.84. The third-order valence-electron chi connectivity index (χ3n) is 4.84. The number of unbranched alkanes of at least 4 members (excludes halogenated alkanes) is 1. The van der Waals surface area contributed by atoms with Crippen LogP contribution in [0.15, 0.2) is 24.3 Å². The van der Waals surface area contributed by atoms with E-state index in [1.54, 1.807) is 7.11 Å². The Morgan fingerprint density at radius 3 is 2.65 bits per heavy atom. The van der Waals surface area contributed by atoms with Crippen molar-refractivity contribution in [2.45, 2.75) is 57.9 Å². The number of ether oxygens (including phenoxy) is 1. The number of rotatable bonds is 6. The van der Waals surface area contributed by atoms with E-state index in [1.807, 2.05) is 12.1 Å². The first-order valence-electron chi connectivity index (χ1n) is 8.14. The lowest BCUT2D eigenvalue weighted by molar-refractivity contribution is 0.232. The summed E-state index contributed by atoms with van der Waals surface area (Å²) in [6.45, 7) is 2.28. The second kappa shape index (κ2) is 7.68. The van der Waals surface area contributed by atoms with Crippen molar-refractivity contribution < 1.29 is 4.74 Å². The zero-order chi connectivity index (χ0) is 14.4. The predicted octanol–water partition coefficient (Wildman–Crippen LogP) is 4.69. The molecule has 1 aromatic carbocycles. The van der Waals surface area contributed by atoms with Gasteiger partial charge in [-0.2, -0.15) is 0 Å². The summed E-state index contributed by atoms with van der Waals surface area (Å²) in [4.78, 5) is 0.